The lowest BCUT2D eigenvalue weighted by atomic mass is 10.2. The second-order valence-corrected chi connectivity index (χ2v) is 7.13. The van der Waals surface area contributed by atoms with E-state index in [0.29, 0.717) is 13.0 Å². The highest BCUT2D eigenvalue weighted by atomic mass is 35.5. The number of anilines is 2. The predicted molar refractivity (Wildman–Crippen MR) is 108 cm³/mol. The van der Waals surface area contributed by atoms with Crippen LogP contribution in [0.25, 0.3) is 10.2 Å². The molecule has 3 N–H and O–H groups in total. The first-order valence-electron chi connectivity index (χ1n) is 8.14. The zero-order valence-corrected chi connectivity index (χ0v) is 16.5. The van der Waals surface area contributed by atoms with E-state index >= 15 is 0 Å². The summed E-state index contributed by atoms with van der Waals surface area (Å²) in [5.74, 6) is -0.108. The number of amides is 1. The molecule has 4 rings (SSSR count). The Morgan fingerprint density at radius 3 is 2.81 bits per heavy atom. The van der Waals surface area contributed by atoms with Gasteiger partial charge in [-0.2, -0.15) is 0 Å². The second-order valence-electron chi connectivity index (χ2n) is 6.12. The minimum absolute atomic E-state index is 0. The van der Waals surface area contributed by atoms with Crippen LogP contribution < -0.4 is 15.5 Å². The molecule has 10 heteroatoms. The van der Waals surface area contributed by atoms with Gasteiger partial charge in [0.15, 0.2) is 5.13 Å². The lowest BCUT2D eigenvalue weighted by Gasteiger charge is -2.25. The summed E-state index contributed by atoms with van der Waals surface area (Å²) in [6.45, 7) is 3.65. The van der Waals surface area contributed by atoms with Crippen LogP contribution in [0, 0.1) is 0 Å². The quantitative estimate of drug-likeness (QED) is 0.699. The third-order valence-corrected chi connectivity index (χ3v) is 5.43. The van der Waals surface area contributed by atoms with E-state index in [1.54, 1.807) is 11.3 Å². The van der Waals surface area contributed by atoms with E-state index in [0.717, 1.165) is 47.3 Å². The van der Waals surface area contributed by atoms with Gasteiger partial charge in [0.2, 0.25) is 5.91 Å². The first kappa shape index (κ1) is 21.1. The van der Waals surface area contributed by atoms with Crippen LogP contribution in [0.1, 0.15) is 6.42 Å². The predicted octanol–water partition coefficient (Wildman–Crippen LogP) is 1.64. The number of carbonyl (C=O) groups is 1. The van der Waals surface area contributed by atoms with Gasteiger partial charge < -0.3 is 25.4 Å². The first-order chi connectivity index (χ1) is 11.7. The Bertz CT molecular complexity index is 754. The Balaban J connectivity index is 0.00000121. The Labute approximate surface area is 167 Å². The minimum atomic E-state index is -0.444. The molecule has 3 heterocycles. The molecule has 1 aromatic heterocycles. The van der Waals surface area contributed by atoms with Crippen LogP contribution in [0.3, 0.4) is 0 Å². The van der Waals surface area contributed by atoms with E-state index in [-0.39, 0.29) is 36.8 Å². The van der Waals surface area contributed by atoms with Gasteiger partial charge >= 0.3 is 0 Å². The van der Waals surface area contributed by atoms with Crippen LogP contribution in [-0.4, -0.2) is 61.0 Å². The Hall–Kier alpha value is -1.16. The molecule has 0 aliphatic carbocycles. The van der Waals surface area contributed by atoms with Crippen molar-refractivity contribution in [2.75, 3.05) is 43.1 Å². The van der Waals surface area contributed by atoms with Gasteiger partial charge in [0.25, 0.3) is 0 Å². The van der Waals surface area contributed by atoms with Crippen LogP contribution in [0.15, 0.2) is 18.2 Å². The molecule has 2 fully saturated rings. The van der Waals surface area contributed by atoms with Crippen molar-refractivity contribution in [1.29, 1.82) is 0 Å². The van der Waals surface area contributed by atoms with Crippen molar-refractivity contribution in [2.45, 2.75) is 18.6 Å². The topological polar surface area (TPSA) is 86.7 Å². The fourth-order valence-corrected chi connectivity index (χ4v) is 4.08. The molecule has 1 amide bonds. The molecule has 0 spiro atoms. The van der Waals surface area contributed by atoms with E-state index in [2.05, 4.69) is 20.5 Å². The number of benzene rings is 1. The number of nitrogens with one attached hydrogen (secondary N) is 2. The number of nitrogens with zero attached hydrogens (tertiary/aromatic N) is 2. The van der Waals surface area contributed by atoms with Crippen molar-refractivity contribution < 1.29 is 14.6 Å². The molecule has 2 aliphatic rings. The zero-order valence-electron chi connectivity index (χ0n) is 14.0. The van der Waals surface area contributed by atoms with E-state index < -0.39 is 6.10 Å². The van der Waals surface area contributed by atoms with Gasteiger partial charge in [0, 0.05) is 25.3 Å². The molecule has 26 heavy (non-hydrogen) atoms. The number of thiazole rings is 1. The highest BCUT2D eigenvalue weighted by molar-refractivity contribution is 7.22. The number of fused-ring (bicyclic) bond motifs is 1. The van der Waals surface area contributed by atoms with Crippen LogP contribution in [-0.2, 0) is 9.53 Å². The summed E-state index contributed by atoms with van der Waals surface area (Å²) in [5, 5.41) is 16.5. The molecule has 2 aliphatic heterocycles. The molecule has 1 aromatic carbocycles. The number of aliphatic hydroxyl groups excluding tert-OH is 1. The lowest BCUT2D eigenvalue weighted by Crippen LogP contribution is -2.36. The minimum Gasteiger partial charge on any atom is -0.392 e. The first-order valence-corrected chi connectivity index (χ1v) is 8.96. The smallest absolute Gasteiger partial charge is 0.241 e. The van der Waals surface area contributed by atoms with Gasteiger partial charge in [-0.1, -0.05) is 11.3 Å². The normalized spacial score (nSPS) is 22.6. The van der Waals surface area contributed by atoms with Gasteiger partial charge in [-0.15, -0.1) is 24.8 Å². The summed E-state index contributed by atoms with van der Waals surface area (Å²) in [6, 6.07) is 5.43. The number of carbonyl (C=O) groups excluding carboxylic acids is 1. The maximum Gasteiger partial charge on any atom is 0.241 e. The fourth-order valence-electron chi connectivity index (χ4n) is 3.03. The molecule has 2 unspecified atom stereocenters. The molecule has 144 valence electrons. The Morgan fingerprint density at radius 2 is 2.12 bits per heavy atom. The average molecular weight is 421 g/mol. The van der Waals surface area contributed by atoms with Crippen LogP contribution >= 0.6 is 36.2 Å². The molecule has 2 aromatic rings. The summed E-state index contributed by atoms with van der Waals surface area (Å²) in [7, 11) is 0. The summed E-state index contributed by atoms with van der Waals surface area (Å²) in [4.78, 5) is 19.1. The van der Waals surface area contributed by atoms with Gasteiger partial charge in [-0.25, -0.2) is 4.98 Å². The van der Waals surface area contributed by atoms with Crippen molar-refractivity contribution in [3.63, 3.8) is 0 Å². The molecular formula is C16H22Cl2N4O3S. The van der Waals surface area contributed by atoms with Crippen molar-refractivity contribution in [2.24, 2.45) is 0 Å². The number of morpholine rings is 1. The molecule has 2 saturated heterocycles. The number of rotatable bonds is 3. The van der Waals surface area contributed by atoms with Crippen molar-refractivity contribution in [1.82, 2.24) is 10.3 Å². The third-order valence-electron chi connectivity index (χ3n) is 4.35. The largest absolute Gasteiger partial charge is 0.392 e. The van der Waals surface area contributed by atoms with Gasteiger partial charge in [0.1, 0.15) is 0 Å². The molecule has 0 bridgehead atoms. The molecule has 0 radical (unpaired) electrons. The van der Waals surface area contributed by atoms with Crippen LogP contribution in [0.5, 0.6) is 0 Å². The van der Waals surface area contributed by atoms with E-state index in [1.165, 1.54) is 0 Å². The van der Waals surface area contributed by atoms with Crippen molar-refractivity contribution in [3.05, 3.63) is 18.2 Å². The zero-order chi connectivity index (χ0) is 16.5. The van der Waals surface area contributed by atoms with Crippen molar-refractivity contribution in [3.8, 4) is 0 Å². The number of ether oxygens (including phenoxy) is 1. The van der Waals surface area contributed by atoms with Gasteiger partial charge in [-0.3, -0.25) is 4.79 Å². The number of halogens is 2. The summed E-state index contributed by atoms with van der Waals surface area (Å²) in [5.41, 5.74) is 1.70. The summed E-state index contributed by atoms with van der Waals surface area (Å²) in [6.07, 6.45) is 0.0105. The van der Waals surface area contributed by atoms with Crippen molar-refractivity contribution >= 4 is 63.1 Å². The standard InChI is InChI=1S/C16H20N4O3S.2ClH/c21-11-8-13(17-9-11)15(22)18-10-1-2-12-14(7-10)24-16(19-12)20-3-5-23-6-4-20;;/h1-2,7,11,13,17,21H,3-6,8-9H2,(H,18,22);2*1H. The highest BCUT2D eigenvalue weighted by Gasteiger charge is 2.28. The maximum absolute atomic E-state index is 12.2. The molecule has 2 atom stereocenters. The maximum atomic E-state index is 12.2. The van der Waals surface area contributed by atoms with E-state index in [9.17, 15) is 9.90 Å². The SMILES string of the molecule is Cl.Cl.O=C(Nc1ccc2nc(N3CCOCC3)sc2c1)C1CC(O)CN1. The Morgan fingerprint density at radius 1 is 1.35 bits per heavy atom. The number of β-amino-alcohol motifs (C(OH)–C–C–N with tert-alkyl or cyclic N) is 1. The number of aliphatic hydroxyl groups is 1. The van der Waals surface area contributed by atoms with E-state index in [1.807, 2.05) is 18.2 Å². The number of hydrogen-bond donors (Lipinski definition) is 3. The molecule has 0 saturated carbocycles. The Kier molecular flexibility index (Phi) is 7.45. The van der Waals surface area contributed by atoms with E-state index in [4.69, 9.17) is 4.74 Å². The van der Waals surface area contributed by atoms with Gasteiger partial charge in [-0.05, 0) is 24.6 Å². The van der Waals surface area contributed by atoms with Crippen LogP contribution in [0.4, 0.5) is 10.8 Å². The number of aromatic nitrogens is 1. The third kappa shape index (κ3) is 4.57. The lowest BCUT2D eigenvalue weighted by molar-refractivity contribution is -0.117. The number of hydrogen-bond acceptors (Lipinski definition) is 7. The summed E-state index contributed by atoms with van der Waals surface area (Å²) >= 11 is 1.63. The fraction of sp³-hybridized carbons (Fsp3) is 0.500. The summed E-state index contributed by atoms with van der Waals surface area (Å²) < 4.78 is 6.43. The van der Waals surface area contributed by atoms with Gasteiger partial charge in [0.05, 0.1) is 35.6 Å². The monoisotopic (exact) mass is 420 g/mol. The molecule has 7 nitrogen and oxygen atoms in total. The average Bonchev–Trinajstić information content (AvgIpc) is 3.21. The van der Waals surface area contributed by atoms with Crippen LogP contribution in [0.2, 0.25) is 0 Å². The highest BCUT2D eigenvalue weighted by Crippen LogP contribution is 2.31. The second kappa shape index (κ2) is 9.16. The molecular weight excluding hydrogens is 399 g/mol.